The van der Waals surface area contributed by atoms with Crippen LogP contribution in [0.1, 0.15) is 43.0 Å². The average molecular weight is 364 g/mol. The summed E-state index contributed by atoms with van der Waals surface area (Å²) in [6.07, 6.45) is 4.58. The van der Waals surface area contributed by atoms with Crippen LogP contribution in [0.15, 0.2) is 12.1 Å². The van der Waals surface area contributed by atoms with Crippen LogP contribution in [0, 0.1) is 0 Å². The van der Waals surface area contributed by atoms with Crippen LogP contribution in [-0.2, 0) is 0 Å². The van der Waals surface area contributed by atoms with Gasteiger partial charge in [0.25, 0.3) is 5.91 Å². The van der Waals surface area contributed by atoms with E-state index in [-0.39, 0.29) is 18.1 Å². The molecule has 3 unspecified atom stereocenters. The van der Waals surface area contributed by atoms with Gasteiger partial charge in [-0.05, 0) is 51.8 Å². The molecule has 1 aromatic carbocycles. The number of hydrogen-bond acceptors (Lipinski definition) is 4. The monoisotopic (exact) mass is 363 g/mol. The minimum absolute atomic E-state index is 0.0457. The molecule has 0 radical (unpaired) electrons. The summed E-state index contributed by atoms with van der Waals surface area (Å²) in [6.45, 7) is 2.80. The second-order valence-electron chi connectivity index (χ2n) is 7.80. The Balaban J connectivity index is 1.57. The molecule has 25 heavy (non-hydrogen) atoms. The Labute approximate surface area is 154 Å². The van der Waals surface area contributed by atoms with Crippen molar-refractivity contribution >= 4 is 23.2 Å². The number of nitrogens with zero attached hydrogens (tertiary/aromatic N) is 2. The molecule has 3 heterocycles. The van der Waals surface area contributed by atoms with E-state index in [1.807, 2.05) is 20.0 Å². The Bertz CT molecular complexity index is 681. The van der Waals surface area contributed by atoms with Gasteiger partial charge in [-0.25, -0.2) is 0 Å². The highest BCUT2D eigenvalue weighted by molar-refractivity contribution is 6.31. The van der Waals surface area contributed by atoms with Gasteiger partial charge in [0, 0.05) is 30.2 Å². The first-order valence-electron chi connectivity index (χ1n) is 9.16. The number of anilines is 1. The lowest BCUT2D eigenvalue weighted by Crippen LogP contribution is -2.49. The zero-order valence-corrected chi connectivity index (χ0v) is 15.8. The fourth-order valence-electron chi connectivity index (χ4n) is 4.67. The van der Waals surface area contributed by atoms with Crippen molar-refractivity contribution in [2.75, 3.05) is 25.5 Å². The number of ether oxygens (including phenoxy) is 1. The van der Waals surface area contributed by atoms with Gasteiger partial charge in [0.2, 0.25) is 0 Å². The summed E-state index contributed by atoms with van der Waals surface area (Å²) in [5.74, 6) is 0.578. The number of benzene rings is 1. The first-order valence-corrected chi connectivity index (χ1v) is 9.54. The van der Waals surface area contributed by atoms with Crippen LogP contribution in [0.2, 0.25) is 5.02 Å². The Hall–Kier alpha value is -1.46. The largest absolute Gasteiger partial charge is 0.486 e. The SMILES string of the molecule is CC1CN(C)c2cc(Cl)cc(C(=O)NC3CC4CCC(C3)N4C)c2O1. The minimum Gasteiger partial charge on any atom is -0.486 e. The Morgan fingerprint density at radius 1 is 1.24 bits per heavy atom. The molecule has 0 spiro atoms. The van der Waals surface area contributed by atoms with Crippen molar-refractivity contribution in [2.24, 2.45) is 0 Å². The first-order chi connectivity index (χ1) is 11.9. The normalized spacial score (nSPS) is 31.4. The van der Waals surface area contributed by atoms with E-state index in [2.05, 4.69) is 22.2 Å². The quantitative estimate of drug-likeness (QED) is 0.877. The maximum Gasteiger partial charge on any atom is 0.255 e. The maximum absolute atomic E-state index is 13.0. The van der Waals surface area contributed by atoms with E-state index in [4.69, 9.17) is 16.3 Å². The van der Waals surface area contributed by atoms with Gasteiger partial charge in [-0.3, -0.25) is 4.79 Å². The van der Waals surface area contributed by atoms with Crippen molar-refractivity contribution < 1.29 is 9.53 Å². The Morgan fingerprint density at radius 3 is 2.60 bits per heavy atom. The van der Waals surface area contributed by atoms with E-state index >= 15 is 0 Å². The molecule has 6 heteroatoms. The van der Waals surface area contributed by atoms with Crippen molar-refractivity contribution in [1.82, 2.24) is 10.2 Å². The highest BCUT2D eigenvalue weighted by Crippen LogP contribution is 2.39. The van der Waals surface area contributed by atoms with Gasteiger partial charge in [0.05, 0.1) is 17.8 Å². The van der Waals surface area contributed by atoms with Gasteiger partial charge in [0.15, 0.2) is 5.75 Å². The van der Waals surface area contributed by atoms with Gasteiger partial charge >= 0.3 is 0 Å². The van der Waals surface area contributed by atoms with Gasteiger partial charge in [-0.1, -0.05) is 11.6 Å². The number of amides is 1. The number of fused-ring (bicyclic) bond motifs is 3. The molecule has 0 aromatic heterocycles. The topological polar surface area (TPSA) is 44.8 Å². The predicted molar refractivity (Wildman–Crippen MR) is 99.9 cm³/mol. The molecule has 0 aliphatic carbocycles. The third kappa shape index (κ3) is 3.08. The fourth-order valence-corrected chi connectivity index (χ4v) is 4.88. The summed E-state index contributed by atoms with van der Waals surface area (Å²) in [7, 11) is 4.21. The number of nitrogens with one attached hydrogen (secondary N) is 1. The van der Waals surface area contributed by atoms with E-state index in [0.29, 0.717) is 28.4 Å². The number of carbonyl (C=O) groups is 1. The molecule has 1 aromatic rings. The van der Waals surface area contributed by atoms with Crippen molar-refractivity contribution in [3.63, 3.8) is 0 Å². The average Bonchev–Trinajstić information content (AvgIpc) is 2.77. The van der Waals surface area contributed by atoms with Crippen molar-refractivity contribution in [3.8, 4) is 5.75 Å². The summed E-state index contributed by atoms with van der Waals surface area (Å²) in [4.78, 5) is 17.6. The van der Waals surface area contributed by atoms with Crippen LogP contribution in [0.3, 0.4) is 0 Å². The van der Waals surface area contributed by atoms with Gasteiger partial charge in [-0.2, -0.15) is 0 Å². The van der Waals surface area contributed by atoms with Crippen molar-refractivity contribution in [3.05, 3.63) is 22.7 Å². The highest BCUT2D eigenvalue weighted by atomic mass is 35.5. The lowest BCUT2D eigenvalue weighted by molar-refractivity contribution is 0.0875. The van der Waals surface area contributed by atoms with E-state index in [1.165, 1.54) is 12.8 Å². The summed E-state index contributed by atoms with van der Waals surface area (Å²) in [6, 6.07) is 5.02. The van der Waals surface area contributed by atoms with Crippen LogP contribution in [-0.4, -0.2) is 55.7 Å². The molecule has 5 nitrogen and oxygen atoms in total. The van der Waals surface area contributed by atoms with E-state index in [0.717, 1.165) is 25.1 Å². The number of hydrogen-bond donors (Lipinski definition) is 1. The minimum atomic E-state index is -0.0739. The number of carbonyl (C=O) groups excluding carboxylic acids is 1. The first kappa shape index (κ1) is 17.0. The molecule has 4 rings (SSSR count). The molecule has 3 aliphatic heterocycles. The maximum atomic E-state index is 13.0. The molecular formula is C19H26ClN3O2. The fraction of sp³-hybridized carbons (Fsp3) is 0.632. The van der Waals surface area contributed by atoms with Crippen LogP contribution in [0.5, 0.6) is 5.75 Å². The molecule has 1 amide bonds. The van der Waals surface area contributed by atoms with Crippen LogP contribution in [0.4, 0.5) is 5.69 Å². The molecule has 2 saturated heterocycles. The van der Waals surface area contributed by atoms with Crippen LogP contribution < -0.4 is 15.0 Å². The molecule has 2 fully saturated rings. The van der Waals surface area contributed by atoms with E-state index in [9.17, 15) is 4.79 Å². The van der Waals surface area contributed by atoms with E-state index < -0.39 is 0 Å². The summed E-state index contributed by atoms with van der Waals surface area (Å²) >= 11 is 6.28. The second-order valence-corrected chi connectivity index (χ2v) is 8.24. The van der Waals surface area contributed by atoms with E-state index in [1.54, 1.807) is 6.07 Å². The molecule has 1 N–H and O–H groups in total. The summed E-state index contributed by atoms with van der Waals surface area (Å²) in [5, 5.41) is 3.81. The number of likely N-dealkylation sites (N-methyl/N-ethyl adjacent to an activating group) is 1. The van der Waals surface area contributed by atoms with Crippen LogP contribution >= 0.6 is 11.6 Å². The molecule has 136 valence electrons. The summed E-state index contributed by atoms with van der Waals surface area (Å²) < 4.78 is 6.00. The molecule has 0 saturated carbocycles. The molecule has 3 atom stereocenters. The smallest absolute Gasteiger partial charge is 0.255 e. The zero-order chi connectivity index (χ0) is 17.7. The highest BCUT2D eigenvalue weighted by Gasteiger charge is 2.39. The molecule has 3 aliphatic rings. The zero-order valence-electron chi connectivity index (χ0n) is 15.1. The number of rotatable bonds is 2. The lowest BCUT2D eigenvalue weighted by atomic mass is 9.97. The Morgan fingerprint density at radius 2 is 1.92 bits per heavy atom. The van der Waals surface area contributed by atoms with Gasteiger partial charge < -0.3 is 19.9 Å². The third-order valence-electron chi connectivity index (χ3n) is 5.97. The third-order valence-corrected chi connectivity index (χ3v) is 6.19. The lowest BCUT2D eigenvalue weighted by Gasteiger charge is -2.37. The second kappa shape index (κ2) is 6.36. The number of piperidine rings is 1. The summed E-state index contributed by atoms with van der Waals surface area (Å²) in [5.41, 5.74) is 1.44. The van der Waals surface area contributed by atoms with Crippen molar-refractivity contribution in [2.45, 2.75) is 56.8 Å². The number of halogens is 1. The van der Waals surface area contributed by atoms with Gasteiger partial charge in [-0.15, -0.1) is 0 Å². The molecular weight excluding hydrogens is 338 g/mol. The van der Waals surface area contributed by atoms with Crippen LogP contribution in [0.25, 0.3) is 0 Å². The Kier molecular flexibility index (Phi) is 4.32. The van der Waals surface area contributed by atoms with Crippen molar-refractivity contribution in [1.29, 1.82) is 0 Å². The predicted octanol–water partition coefficient (Wildman–Crippen LogP) is 2.91. The van der Waals surface area contributed by atoms with Gasteiger partial charge in [0.1, 0.15) is 6.10 Å². The standard InChI is InChI=1S/C19H26ClN3O2/c1-11-10-22(2)17-7-12(20)6-16(18(17)25-11)19(24)21-13-8-14-4-5-15(9-13)23(14)3/h6-7,11,13-15H,4-5,8-10H2,1-3H3,(H,21,24). The molecule has 2 bridgehead atoms.